The largest absolute Gasteiger partial charge is 0.363 e. The van der Waals surface area contributed by atoms with E-state index >= 15 is 0 Å². The van der Waals surface area contributed by atoms with E-state index < -0.39 is 0 Å². The van der Waals surface area contributed by atoms with E-state index in [4.69, 9.17) is 0 Å². The zero-order valence-electron chi connectivity index (χ0n) is 12.6. The molecule has 1 aromatic carbocycles. The lowest BCUT2D eigenvalue weighted by Crippen LogP contribution is -2.37. The van der Waals surface area contributed by atoms with Crippen molar-refractivity contribution in [1.82, 2.24) is 10.4 Å². The summed E-state index contributed by atoms with van der Waals surface area (Å²) in [5, 5.41) is 2.16. The Morgan fingerprint density at radius 2 is 1.90 bits per heavy atom. The molecule has 0 saturated carbocycles. The molecule has 4 heteroatoms. The second-order valence-corrected chi connectivity index (χ2v) is 5.44. The maximum absolute atomic E-state index is 4.37. The van der Waals surface area contributed by atoms with Crippen molar-refractivity contribution in [2.45, 2.75) is 13.0 Å². The van der Waals surface area contributed by atoms with Crippen molar-refractivity contribution in [3.63, 3.8) is 0 Å². The van der Waals surface area contributed by atoms with Crippen LogP contribution >= 0.6 is 0 Å². The Labute approximate surface area is 125 Å². The molecule has 1 aromatic heterocycles. The summed E-state index contributed by atoms with van der Waals surface area (Å²) in [5.74, 6) is 0.953. The number of benzene rings is 1. The SMILES string of the molecule is CC1C=C(c2ccccc2)NN1c1ccnc(N(C)C)c1. The fraction of sp³-hybridized carbons (Fsp3) is 0.235. The molecule has 0 radical (unpaired) electrons. The van der Waals surface area contributed by atoms with Gasteiger partial charge in [0.1, 0.15) is 5.82 Å². The normalized spacial score (nSPS) is 17.4. The molecule has 108 valence electrons. The van der Waals surface area contributed by atoms with Gasteiger partial charge in [0.25, 0.3) is 0 Å². The Morgan fingerprint density at radius 3 is 2.62 bits per heavy atom. The van der Waals surface area contributed by atoms with Crippen molar-refractivity contribution in [2.24, 2.45) is 0 Å². The predicted octanol–water partition coefficient (Wildman–Crippen LogP) is 2.90. The fourth-order valence-electron chi connectivity index (χ4n) is 2.46. The van der Waals surface area contributed by atoms with E-state index in [0.29, 0.717) is 0 Å². The summed E-state index contributed by atoms with van der Waals surface area (Å²) in [6.45, 7) is 2.18. The predicted molar refractivity (Wildman–Crippen MR) is 88.1 cm³/mol. The van der Waals surface area contributed by atoms with Crippen molar-refractivity contribution < 1.29 is 0 Å². The Kier molecular flexibility index (Phi) is 3.52. The molecule has 4 nitrogen and oxygen atoms in total. The van der Waals surface area contributed by atoms with Gasteiger partial charge in [-0.1, -0.05) is 30.3 Å². The maximum atomic E-state index is 4.37. The van der Waals surface area contributed by atoms with Gasteiger partial charge in [-0.25, -0.2) is 4.98 Å². The van der Waals surface area contributed by atoms with Gasteiger partial charge in [-0.3, -0.25) is 10.4 Å². The van der Waals surface area contributed by atoms with Crippen LogP contribution in [-0.4, -0.2) is 25.1 Å². The number of nitrogens with zero attached hydrogens (tertiary/aromatic N) is 3. The molecule has 3 rings (SSSR count). The highest BCUT2D eigenvalue weighted by molar-refractivity contribution is 5.71. The van der Waals surface area contributed by atoms with Crippen LogP contribution in [0.1, 0.15) is 12.5 Å². The summed E-state index contributed by atoms with van der Waals surface area (Å²) >= 11 is 0. The van der Waals surface area contributed by atoms with Gasteiger partial charge in [-0.15, -0.1) is 0 Å². The number of pyridine rings is 1. The summed E-state index contributed by atoms with van der Waals surface area (Å²) in [6, 6.07) is 14.8. The first-order valence-electron chi connectivity index (χ1n) is 7.11. The van der Waals surface area contributed by atoms with Crippen molar-refractivity contribution in [3.8, 4) is 0 Å². The molecule has 0 bridgehead atoms. The van der Waals surface area contributed by atoms with Crippen LogP contribution in [0.2, 0.25) is 0 Å². The number of anilines is 2. The summed E-state index contributed by atoms with van der Waals surface area (Å²) in [4.78, 5) is 6.38. The van der Waals surface area contributed by atoms with Gasteiger partial charge in [0.15, 0.2) is 0 Å². The van der Waals surface area contributed by atoms with Gasteiger partial charge >= 0.3 is 0 Å². The van der Waals surface area contributed by atoms with Crippen LogP contribution in [-0.2, 0) is 0 Å². The number of hydrogen-bond acceptors (Lipinski definition) is 4. The highest BCUT2D eigenvalue weighted by Gasteiger charge is 2.22. The van der Waals surface area contributed by atoms with Crippen LogP contribution in [0, 0.1) is 0 Å². The Balaban J connectivity index is 1.85. The molecule has 1 aliphatic heterocycles. The molecule has 0 amide bonds. The monoisotopic (exact) mass is 280 g/mol. The molecule has 0 fully saturated rings. The van der Waals surface area contributed by atoms with Gasteiger partial charge in [0, 0.05) is 26.4 Å². The number of nitrogens with one attached hydrogen (secondary N) is 1. The quantitative estimate of drug-likeness (QED) is 0.936. The van der Waals surface area contributed by atoms with Crippen molar-refractivity contribution in [3.05, 3.63) is 60.3 Å². The highest BCUT2D eigenvalue weighted by Crippen LogP contribution is 2.27. The molecule has 2 aromatic rings. The average molecular weight is 280 g/mol. The first-order chi connectivity index (χ1) is 10.1. The summed E-state index contributed by atoms with van der Waals surface area (Å²) in [7, 11) is 4.00. The van der Waals surface area contributed by atoms with E-state index in [1.807, 2.05) is 37.3 Å². The smallest absolute Gasteiger partial charge is 0.130 e. The molecule has 21 heavy (non-hydrogen) atoms. The van der Waals surface area contributed by atoms with Crippen LogP contribution in [0.4, 0.5) is 11.5 Å². The molecule has 0 saturated heterocycles. The first-order valence-corrected chi connectivity index (χ1v) is 7.11. The molecule has 0 aliphatic carbocycles. The van der Waals surface area contributed by atoms with Gasteiger partial charge in [0.2, 0.25) is 0 Å². The molecule has 1 N–H and O–H groups in total. The third-order valence-electron chi connectivity index (χ3n) is 3.61. The number of hydrogen-bond donors (Lipinski definition) is 1. The van der Waals surface area contributed by atoms with Gasteiger partial charge in [0.05, 0.1) is 17.4 Å². The Morgan fingerprint density at radius 1 is 1.14 bits per heavy atom. The van der Waals surface area contributed by atoms with Crippen LogP contribution in [0.15, 0.2) is 54.7 Å². The number of rotatable bonds is 3. The van der Waals surface area contributed by atoms with E-state index in [1.54, 1.807) is 0 Å². The molecular formula is C17H20N4. The zero-order chi connectivity index (χ0) is 14.8. The van der Waals surface area contributed by atoms with E-state index in [9.17, 15) is 0 Å². The summed E-state index contributed by atoms with van der Waals surface area (Å²) in [6.07, 6.45) is 4.09. The highest BCUT2D eigenvalue weighted by atomic mass is 15.5. The third-order valence-corrected chi connectivity index (χ3v) is 3.61. The maximum Gasteiger partial charge on any atom is 0.130 e. The van der Waals surface area contributed by atoms with Crippen LogP contribution < -0.4 is 15.3 Å². The third kappa shape index (κ3) is 2.70. The Hall–Kier alpha value is -2.49. The lowest BCUT2D eigenvalue weighted by molar-refractivity contribution is 0.733. The van der Waals surface area contributed by atoms with E-state index in [2.05, 4.69) is 58.8 Å². The van der Waals surface area contributed by atoms with Crippen LogP contribution in [0.5, 0.6) is 0 Å². The zero-order valence-corrected chi connectivity index (χ0v) is 12.6. The second kappa shape index (κ2) is 5.48. The lowest BCUT2D eigenvalue weighted by Gasteiger charge is -2.26. The minimum Gasteiger partial charge on any atom is -0.363 e. The molecule has 1 aliphatic rings. The van der Waals surface area contributed by atoms with E-state index in [1.165, 1.54) is 5.56 Å². The van der Waals surface area contributed by atoms with Crippen LogP contribution in [0.3, 0.4) is 0 Å². The molecule has 2 heterocycles. The number of aromatic nitrogens is 1. The second-order valence-electron chi connectivity index (χ2n) is 5.44. The van der Waals surface area contributed by atoms with Crippen LogP contribution in [0.25, 0.3) is 5.70 Å². The minimum atomic E-state index is 0.289. The van der Waals surface area contributed by atoms with E-state index in [0.717, 1.165) is 17.2 Å². The molecular weight excluding hydrogens is 260 g/mol. The number of hydrazine groups is 1. The van der Waals surface area contributed by atoms with Crippen molar-refractivity contribution in [1.29, 1.82) is 0 Å². The van der Waals surface area contributed by atoms with Gasteiger partial charge < -0.3 is 4.90 Å². The van der Waals surface area contributed by atoms with Crippen molar-refractivity contribution in [2.75, 3.05) is 24.0 Å². The van der Waals surface area contributed by atoms with Gasteiger partial charge in [-0.05, 0) is 24.6 Å². The van der Waals surface area contributed by atoms with Gasteiger partial charge in [-0.2, -0.15) is 0 Å². The topological polar surface area (TPSA) is 31.4 Å². The Bertz CT molecular complexity index is 649. The fourth-order valence-corrected chi connectivity index (χ4v) is 2.46. The summed E-state index contributed by atoms with van der Waals surface area (Å²) < 4.78 is 0. The summed E-state index contributed by atoms with van der Waals surface area (Å²) in [5.41, 5.74) is 6.95. The lowest BCUT2D eigenvalue weighted by atomic mass is 10.1. The average Bonchev–Trinajstić information content (AvgIpc) is 2.90. The van der Waals surface area contributed by atoms with Crippen molar-refractivity contribution >= 4 is 17.2 Å². The van der Waals surface area contributed by atoms with E-state index in [-0.39, 0.29) is 6.04 Å². The minimum absolute atomic E-state index is 0.289. The standard InChI is InChI=1S/C17H20N4/c1-13-11-16(14-7-5-4-6-8-14)19-21(13)15-9-10-18-17(12-15)20(2)3/h4-13,19H,1-3H3. The molecule has 0 spiro atoms. The first kappa shape index (κ1) is 13.5. The molecule has 1 atom stereocenters. The molecule has 1 unspecified atom stereocenters.